The van der Waals surface area contributed by atoms with Crippen LogP contribution in [0.25, 0.3) is 20.8 Å². The molecular weight excluding hydrogens is 244 g/mol. The van der Waals surface area contributed by atoms with Crippen molar-refractivity contribution >= 4 is 27.2 Å². The van der Waals surface area contributed by atoms with Crippen LogP contribution in [0.2, 0.25) is 0 Å². The number of aromatic nitrogens is 1. The maximum atomic E-state index is 9.97. The molecular formula is C14H12N2OS. The van der Waals surface area contributed by atoms with Crippen LogP contribution in [-0.2, 0) is 0 Å². The van der Waals surface area contributed by atoms with Crippen LogP contribution in [0.1, 0.15) is 5.56 Å². The summed E-state index contributed by atoms with van der Waals surface area (Å²) in [6.07, 6.45) is 0. The molecule has 3 aromatic rings. The van der Waals surface area contributed by atoms with Crippen molar-refractivity contribution in [1.29, 1.82) is 0 Å². The lowest BCUT2D eigenvalue weighted by Crippen LogP contribution is -1.87. The van der Waals surface area contributed by atoms with Gasteiger partial charge < -0.3 is 10.8 Å². The monoisotopic (exact) mass is 256 g/mol. The normalized spacial score (nSPS) is 10.9. The summed E-state index contributed by atoms with van der Waals surface area (Å²) in [5.74, 6) is 0.105. The molecule has 3 nitrogen and oxygen atoms in total. The highest BCUT2D eigenvalue weighted by Gasteiger charge is 2.11. The molecule has 0 bridgehead atoms. The number of hydrogen-bond donors (Lipinski definition) is 2. The van der Waals surface area contributed by atoms with E-state index in [0.29, 0.717) is 11.3 Å². The summed E-state index contributed by atoms with van der Waals surface area (Å²) in [4.78, 5) is 4.53. The summed E-state index contributed by atoms with van der Waals surface area (Å²) in [6.45, 7) is 2.05. The summed E-state index contributed by atoms with van der Waals surface area (Å²) in [6, 6.07) is 11.5. The van der Waals surface area contributed by atoms with E-state index in [1.165, 1.54) is 5.56 Å². The number of aryl methyl sites for hydroxylation is 1. The average Bonchev–Trinajstić information content (AvgIpc) is 2.75. The lowest BCUT2D eigenvalue weighted by atomic mass is 10.2. The largest absolute Gasteiger partial charge is 0.505 e. The summed E-state index contributed by atoms with van der Waals surface area (Å²) < 4.78 is 1.12. The second-order valence-electron chi connectivity index (χ2n) is 4.23. The maximum Gasteiger partial charge on any atom is 0.148 e. The molecule has 1 aromatic heterocycles. The molecule has 90 valence electrons. The number of nitrogens with two attached hydrogens (primary N) is 1. The number of thiazole rings is 1. The number of fused-ring (bicyclic) bond motifs is 1. The van der Waals surface area contributed by atoms with Crippen molar-refractivity contribution in [2.24, 2.45) is 0 Å². The molecule has 0 fully saturated rings. The molecule has 0 amide bonds. The molecule has 0 atom stereocenters. The fourth-order valence-corrected chi connectivity index (χ4v) is 2.97. The Labute approximate surface area is 109 Å². The van der Waals surface area contributed by atoms with E-state index in [2.05, 4.69) is 18.0 Å². The fourth-order valence-electron chi connectivity index (χ4n) is 1.88. The van der Waals surface area contributed by atoms with Gasteiger partial charge in [0.25, 0.3) is 0 Å². The first kappa shape index (κ1) is 11.0. The minimum absolute atomic E-state index is 0.105. The number of rotatable bonds is 1. The standard InChI is InChI=1S/C14H12N2OS/c1-8-5-6-11-12(7-8)18-14(16-11)9-3-2-4-10(15)13(9)17/h2-7,17H,15H2,1H3. The first-order chi connectivity index (χ1) is 8.65. The highest BCUT2D eigenvalue weighted by Crippen LogP contribution is 2.37. The molecule has 1 heterocycles. The molecule has 0 saturated heterocycles. The minimum Gasteiger partial charge on any atom is -0.505 e. The second kappa shape index (κ2) is 3.99. The Kier molecular flexibility index (Phi) is 2.45. The molecule has 3 N–H and O–H groups in total. The first-order valence-corrected chi connectivity index (χ1v) is 6.42. The van der Waals surface area contributed by atoms with Crippen LogP contribution in [0.3, 0.4) is 0 Å². The number of phenolic OH excluding ortho intramolecular Hbond substituents is 1. The van der Waals surface area contributed by atoms with Gasteiger partial charge in [-0.2, -0.15) is 0 Å². The number of anilines is 1. The lowest BCUT2D eigenvalue weighted by molar-refractivity contribution is 0.480. The van der Waals surface area contributed by atoms with Gasteiger partial charge in [0.1, 0.15) is 10.8 Å². The SMILES string of the molecule is Cc1ccc2nc(-c3cccc(N)c3O)sc2c1. The predicted molar refractivity (Wildman–Crippen MR) is 75.9 cm³/mol. The molecule has 2 aromatic carbocycles. The Hall–Kier alpha value is -2.07. The minimum atomic E-state index is 0.105. The molecule has 0 aliphatic rings. The average molecular weight is 256 g/mol. The van der Waals surface area contributed by atoms with Crippen LogP contribution in [0.4, 0.5) is 5.69 Å². The number of para-hydroxylation sites is 1. The van der Waals surface area contributed by atoms with E-state index >= 15 is 0 Å². The zero-order valence-corrected chi connectivity index (χ0v) is 10.7. The van der Waals surface area contributed by atoms with Crippen molar-refractivity contribution in [2.75, 3.05) is 5.73 Å². The number of benzene rings is 2. The molecule has 0 aliphatic carbocycles. The van der Waals surface area contributed by atoms with Crippen molar-refractivity contribution in [2.45, 2.75) is 6.92 Å². The van der Waals surface area contributed by atoms with Gasteiger partial charge in [0.15, 0.2) is 0 Å². The van der Waals surface area contributed by atoms with Crippen molar-refractivity contribution in [1.82, 2.24) is 4.98 Å². The number of aromatic hydroxyl groups is 1. The van der Waals surface area contributed by atoms with Gasteiger partial charge in [-0.15, -0.1) is 11.3 Å². The van der Waals surface area contributed by atoms with E-state index in [9.17, 15) is 5.11 Å². The number of hydrogen-bond acceptors (Lipinski definition) is 4. The quantitative estimate of drug-likeness (QED) is 0.517. The van der Waals surface area contributed by atoms with Crippen molar-refractivity contribution < 1.29 is 5.11 Å². The number of phenols is 1. The van der Waals surface area contributed by atoms with E-state index in [4.69, 9.17) is 5.73 Å². The van der Waals surface area contributed by atoms with Gasteiger partial charge in [0.2, 0.25) is 0 Å². The molecule has 18 heavy (non-hydrogen) atoms. The number of nitrogen functional groups attached to an aromatic ring is 1. The highest BCUT2D eigenvalue weighted by atomic mass is 32.1. The molecule has 0 saturated carbocycles. The number of nitrogens with zero attached hydrogens (tertiary/aromatic N) is 1. The van der Waals surface area contributed by atoms with Crippen LogP contribution >= 0.6 is 11.3 Å². The summed E-state index contributed by atoms with van der Waals surface area (Å²) >= 11 is 1.56. The van der Waals surface area contributed by atoms with Gasteiger partial charge >= 0.3 is 0 Å². The van der Waals surface area contributed by atoms with Crippen molar-refractivity contribution in [3.05, 3.63) is 42.0 Å². The van der Waals surface area contributed by atoms with Gasteiger partial charge in [-0.3, -0.25) is 0 Å². The third-order valence-corrected chi connectivity index (χ3v) is 3.89. The fraction of sp³-hybridized carbons (Fsp3) is 0.0714. The van der Waals surface area contributed by atoms with E-state index in [1.807, 2.05) is 24.3 Å². The van der Waals surface area contributed by atoms with E-state index in [0.717, 1.165) is 15.2 Å². The van der Waals surface area contributed by atoms with Crippen LogP contribution in [0.5, 0.6) is 5.75 Å². The van der Waals surface area contributed by atoms with Gasteiger partial charge in [-0.1, -0.05) is 12.1 Å². The molecule has 4 heteroatoms. The van der Waals surface area contributed by atoms with Gasteiger partial charge in [0.05, 0.1) is 21.5 Å². The van der Waals surface area contributed by atoms with Crippen molar-refractivity contribution in [3.63, 3.8) is 0 Å². The Morgan fingerprint density at radius 3 is 2.89 bits per heavy atom. The molecule has 3 rings (SSSR count). The van der Waals surface area contributed by atoms with Crippen LogP contribution in [-0.4, -0.2) is 10.1 Å². The summed E-state index contributed by atoms with van der Waals surface area (Å²) in [5, 5.41) is 10.8. The Balaban J connectivity index is 2.22. The van der Waals surface area contributed by atoms with Crippen molar-refractivity contribution in [3.8, 4) is 16.3 Å². The topological polar surface area (TPSA) is 59.1 Å². The zero-order valence-electron chi connectivity index (χ0n) is 9.84. The van der Waals surface area contributed by atoms with Crippen LogP contribution < -0.4 is 5.73 Å². The first-order valence-electron chi connectivity index (χ1n) is 5.60. The van der Waals surface area contributed by atoms with Gasteiger partial charge in [0, 0.05) is 0 Å². The second-order valence-corrected chi connectivity index (χ2v) is 5.26. The van der Waals surface area contributed by atoms with Crippen LogP contribution in [0, 0.1) is 6.92 Å². The maximum absolute atomic E-state index is 9.97. The Morgan fingerprint density at radius 1 is 1.22 bits per heavy atom. The Bertz CT molecular complexity index is 734. The summed E-state index contributed by atoms with van der Waals surface area (Å²) in [5.41, 5.74) is 8.92. The smallest absolute Gasteiger partial charge is 0.148 e. The molecule has 0 spiro atoms. The lowest BCUT2D eigenvalue weighted by Gasteiger charge is -2.02. The third-order valence-electron chi connectivity index (χ3n) is 2.84. The molecule has 0 aliphatic heterocycles. The predicted octanol–water partition coefficient (Wildman–Crippen LogP) is 3.56. The van der Waals surface area contributed by atoms with E-state index < -0.39 is 0 Å². The Morgan fingerprint density at radius 2 is 2.06 bits per heavy atom. The molecule has 0 unspecified atom stereocenters. The van der Waals surface area contributed by atoms with Crippen LogP contribution in [0.15, 0.2) is 36.4 Å². The highest BCUT2D eigenvalue weighted by molar-refractivity contribution is 7.21. The van der Waals surface area contributed by atoms with Gasteiger partial charge in [-0.25, -0.2) is 4.98 Å². The molecule has 0 radical (unpaired) electrons. The third kappa shape index (κ3) is 1.71. The van der Waals surface area contributed by atoms with E-state index in [-0.39, 0.29) is 5.75 Å². The zero-order chi connectivity index (χ0) is 12.7. The van der Waals surface area contributed by atoms with Gasteiger partial charge in [-0.05, 0) is 36.8 Å². The van der Waals surface area contributed by atoms with E-state index in [1.54, 1.807) is 17.4 Å². The summed E-state index contributed by atoms with van der Waals surface area (Å²) in [7, 11) is 0.